The molecule has 0 aliphatic carbocycles. The lowest BCUT2D eigenvalue weighted by molar-refractivity contribution is 0.208. The zero-order valence-corrected chi connectivity index (χ0v) is 15.6. The second-order valence-corrected chi connectivity index (χ2v) is 6.73. The van der Waals surface area contributed by atoms with Crippen molar-refractivity contribution in [2.75, 3.05) is 0 Å². The van der Waals surface area contributed by atoms with Crippen molar-refractivity contribution >= 4 is 16.6 Å². The van der Waals surface area contributed by atoms with E-state index in [0.29, 0.717) is 22.6 Å². The van der Waals surface area contributed by atoms with Crippen molar-refractivity contribution in [3.8, 4) is 11.3 Å². The Morgan fingerprint density at radius 2 is 2.03 bits per heavy atom. The molecule has 1 atom stereocenters. The summed E-state index contributed by atoms with van der Waals surface area (Å²) in [6.45, 7) is 2.76. The Morgan fingerprint density at radius 1 is 1.14 bits per heavy atom. The SMILES string of the molecule is CCn1cc(-c2ccc3ncc(C(O)c4cc5cccnc5cc4F)n3n2)cn1. The smallest absolute Gasteiger partial charge is 0.153 e. The molecular formula is C21H17FN6O. The van der Waals surface area contributed by atoms with E-state index in [2.05, 4.69) is 20.2 Å². The van der Waals surface area contributed by atoms with Crippen LogP contribution >= 0.6 is 0 Å². The zero-order valence-electron chi connectivity index (χ0n) is 15.6. The van der Waals surface area contributed by atoms with Gasteiger partial charge in [-0.25, -0.2) is 13.9 Å². The van der Waals surface area contributed by atoms with Crippen LogP contribution in [0.3, 0.4) is 0 Å². The molecule has 8 heteroatoms. The van der Waals surface area contributed by atoms with Gasteiger partial charge >= 0.3 is 0 Å². The van der Waals surface area contributed by atoms with E-state index < -0.39 is 11.9 Å². The van der Waals surface area contributed by atoms with Crippen LogP contribution in [-0.2, 0) is 6.54 Å². The molecule has 5 aromatic rings. The predicted octanol–water partition coefficient (Wildman–Crippen LogP) is 3.38. The van der Waals surface area contributed by atoms with Crippen LogP contribution in [0.4, 0.5) is 4.39 Å². The van der Waals surface area contributed by atoms with E-state index >= 15 is 0 Å². The summed E-state index contributed by atoms with van der Waals surface area (Å²) in [5.41, 5.74) is 3.17. The van der Waals surface area contributed by atoms with E-state index in [1.54, 1.807) is 24.5 Å². The molecule has 0 fully saturated rings. The lowest BCUT2D eigenvalue weighted by atomic mass is 10.0. The lowest BCUT2D eigenvalue weighted by Crippen LogP contribution is -2.08. The average molecular weight is 388 g/mol. The van der Waals surface area contributed by atoms with Crippen LogP contribution in [-0.4, -0.2) is 34.5 Å². The number of nitrogens with zero attached hydrogens (tertiary/aromatic N) is 6. The van der Waals surface area contributed by atoms with Crippen molar-refractivity contribution < 1.29 is 9.50 Å². The number of halogens is 1. The fourth-order valence-corrected chi connectivity index (χ4v) is 3.38. The molecule has 0 amide bonds. The molecule has 0 aliphatic rings. The molecular weight excluding hydrogens is 371 g/mol. The molecule has 4 heterocycles. The van der Waals surface area contributed by atoms with Crippen LogP contribution in [0.25, 0.3) is 27.8 Å². The zero-order chi connectivity index (χ0) is 20.0. The molecule has 4 aromatic heterocycles. The first-order chi connectivity index (χ1) is 14.1. The fourth-order valence-electron chi connectivity index (χ4n) is 3.38. The number of aryl methyl sites for hydroxylation is 1. The molecule has 7 nitrogen and oxygen atoms in total. The van der Waals surface area contributed by atoms with E-state index in [9.17, 15) is 9.50 Å². The standard InChI is InChI=1S/C21H17FN6O/c1-2-27-12-14(10-25-27)17-5-6-20-24-11-19(28(20)26-17)21(29)15-8-13-4-3-7-23-18(13)9-16(15)22/h3-12,21,29H,2H2,1H3. The second-order valence-electron chi connectivity index (χ2n) is 6.73. The predicted molar refractivity (Wildman–Crippen MR) is 106 cm³/mol. The summed E-state index contributed by atoms with van der Waals surface area (Å²) >= 11 is 0. The molecule has 29 heavy (non-hydrogen) atoms. The average Bonchev–Trinajstić information content (AvgIpc) is 3.39. The van der Waals surface area contributed by atoms with Gasteiger partial charge in [0, 0.05) is 41.5 Å². The molecule has 0 aliphatic heterocycles. The number of fused-ring (bicyclic) bond motifs is 2. The highest BCUT2D eigenvalue weighted by atomic mass is 19.1. The number of benzene rings is 1. The summed E-state index contributed by atoms with van der Waals surface area (Å²) in [6, 6.07) is 10.2. The molecule has 5 rings (SSSR count). The number of hydrogen-bond acceptors (Lipinski definition) is 5. The molecule has 0 radical (unpaired) electrons. The minimum Gasteiger partial charge on any atom is -0.382 e. The summed E-state index contributed by atoms with van der Waals surface area (Å²) in [5.74, 6) is -0.529. The summed E-state index contributed by atoms with van der Waals surface area (Å²) in [5, 5.41) is 20.6. The van der Waals surface area contributed by atoms with Gasteiger partial charge in [-0.1, -0.05) is 6.07 Å². The topological polar surface area (TPSA) is 81.1 Å². The number of hydrogen-bond donors (Lipinski definition) is 1. The first kappa shape index (κ1) is 17.4. The van der Waals surface area contributed by atoms with E-state index in [0.717, 1.165) is 17.5 Å². The Kier molecular flexibility index (Phi) is 4.06. The highest BCUT2D eigenvalue weighted by molar-refractivity contribution is 5.79. The van der Waals surface area contributed by atoms with E-state index in [1.165, 1.54) is 16.8 Å². The van der Waals surface area contributed by atoms with Gasteiger partial charge in [-0.3, -0.25) is 9.67 Å². The normalized spacial score (nSPS) is 12.7. The van der Waals surface area contributed by atoms with Crippen molar-refractivity contribution in [1.29, 1.82) is 0 Å². The first-order valence-electron chi connectivity index (χ1n) is 9.24. The first-order valence-corrected chi connectivity index (χ1v) is 9.24. The Hall–Kier alpha value is -3.65. The Bertz CT molecular complexity index is 1340. The monoisotopic (exact) mass is 388 g/mol. The van der Waals surface area contributed by atoms with Crippen LogP contribution in [0.15, 0.2) is 61.2 Å². The third kappa shape index (κ3) is 2.94. The third-order valence-electron chi connectivity index (χ3n) is 4.94. The van der Waals surface area contributed by atoms with Gasteiger partial charge in [-0.2, -0.15) is 10.2 Å². The van der Waals surface area contributed by atoms with Crippen molar-refractivity contribution in [2.24, 2.45) is 0 Å². The molecule has 1 aromatic carbocycles. The minimum absolute atomic E-state index is 0.151. The fraction of sp³-hybridized carbons (Fsp3) is 0.143. The van der Waals surface area contributed by atoms with E-state index in [-0.39, 0.29) is 5.56 Å². The number of aromatic nitrogens is 6. The van der Waals surface area contributed by atoms with Crippen molar-refractivity contribution in [1.82, 2.24) is 29.4 Å². The minimum atomic E-state index is -1.23. The third-order valence-corrected chi connectivity index (χ3v) is 4.94. The largest absolute Gasteiger partial charge is 0.382 e. The summed E-state index contributed by atoms with van der Waals surface area (Å²) in [4.78, 5) is 8.45. The Morgan fingerprint density at radius 3 is 2.86 bits per heavy atom. The van der Waals surface area contributed by atoms with Crippen molar-refractivity contribution in [3.63, 3.8) is 0 Å². The van der Waals surface area contributed by atoms with Crippen molar-refractivity contribution in [2.45, 2.75) is 19.6 Å². The maximum Gasteiger partial charge on any atom is 0.153 e. The van der Waals surface area contributed by atoms with Gasteiger partial charge in [0.25, 0.3) is 0 Å². The highest BCUT2D eigenvalue weighted by Gasteiger charge is 2.21. The Balaban J connectivity index is 1.61. The van der Waals surface area contributed by atoms with Gasteiger partial charge in [0.1, 0.15) is 11.9 Å². The van der Waals surface area contributed by atoms with Crippen molar-refractivity contribution in [3.05, 3.63) is 78.3 Å². The number of aliphatic hydroxyl groups excluding tert-OH is 1. The van der Waals surface area contributed by atoms with E-state index in [4.69, 9.17) is 0 Å². The Labute approximate surface area is 165 Å². The van der Waals surface area contributed by atoms with Crippen LogP contribution in [0.5, 0.6) is 0 Å². The van der Waals surface area contributed by atoms with Gasteiger partial charge < -0.3 is 5.11 Å². The van der Waals surface area contributed by atoms with Gasteiger partial charge in [-0.05, 0) is 31.2 Å². The second kappa shape index (κ2) is 6.75. The van der Waals surface area contributed by atoms with Gasteiger partial charge in [0.2, 0.25) is 0 Å². The summed E-state index contributed by atoms with van der Waals surface area (Å²) in [7, 11) is 0. The highest BCUT2D eigenvalue weighted by Crippen LogP contribution is 2.28. The molecule has 0 saturated carbocycles. The quantitative estimate of drug-likeness (QED) is 0.510. The van der Waals surface area contributed by atoms with Crippen LogP contribution in [0.1, 0.15) is 24.3 Å². The summed E-state index contributed by atoms with van der Waals surface area (Å²) < 4.78 is 18.0. The molecule has 0 spiro atoms. The van der Waals surface area contributed by atoms with Crippen LogP contribution < -0.4 is 0 Å². The van der Waals surface area contributed by atoms with Crippen LogP contribution in [0.2, 0.25) is 0 Å². The number of rotatable bonds is 4. The molecule has 0 saturated heterocycles. The number of pyridine rings is 1. The molecule has 0 bridgehead atoms. The van der Waals surface area contributed by atoms with Gasteiger partial charge in [0.05, 0.1) is 29.3 Å². The van der Waals surface area contributed by atoms with E-state index in [1.807, 2.05) is 36.0 Å². The molecule has 1 unspecified atom stereocenters. The van der Waals surface area contributed by atoms with Gasteiger partial charge in [0.15, 0.2) is 5.65 Å². The lowest BCUT2D eigenvalue weighted by Gasteiger charge is -2.13. The maximum atomic E-state index is 14.7. The number of imidazole rings is 1. The summed E-state index contributed by atoms with van der Waals surface area (Å²) in [6.07, 6.45) is 5.53. The molecule has 1 N–H and O–H groups in total. The molecule has 144 valence electrons. The van der Waals surface area contributed by atoms with Crippen LogP contribution in [0, 0.1) is 5.82 Å². The van der Waals surface area contributed by atoms with Gasteiger partial charge in [-0.15, -0.1) is 0 Å². The maximum absolute atomic E-state index is 14.7. The number of aliphatic hydroxyl groups is 1.